The molecule has 0 aliphatic heterocycles. The topological polar surface area (TPSA) is 34.9 Å². The summed E-state index contributed by atoms with van der Waals surface area (Å²) in [4.78, 5) is 15.8. The van der Waals surface area contributed by atoms with E-state index in [1.165, 1.54) is 18.5 Å². The molecule has 82 valence electrons. The SMILES string of the molecule is Cc1ccc(F)c(C(=O)c2cn(C)cn2)c1. The fourth-order valence-corrected chi connectivity index (χ4v) is 1.48. The molecule has 0 atom stereocenters. The summed E-state index contributed by atoms with van der Waals surface area (Å²) < 4.78 is 15.1. The van der Waals surface area contributed by atoms with Crippen molar-refractivity contribution in [1.82, 2.24) is 9.55 Å². The lowest BCUT2D eigenvalue weighted by atomic mass is 10.1. The van der Waals surface area contributed by atoms with Gasteiger partial charge in [-0.1, -0.05) is 11.6 Å². The summed E-state index contributed by atoms with van der Waals surface area (Å²) >= 11 is 0. The quantitative estimate of drug-likeness (QED) is 0.723. The Morgan fingerprint density at radius 2 is 2.19 bits per heavy atom. The third-order valence-corrected chi connectivity index (χ3v) is 2.30. The molecule has 0 amide bonds. The number of aromatic nitrogens is 2. The standard InChI is InChI=1S/C12H11FN2O/c1-8-3-4-10(13)9(5-8)12(16)11-6-15(2)7-14-11/h3-7H,1-2H3. The van der Waals surface area contributed by atoms with Crippen LogP contribution in [0.3, 0.4) is 0 Å². The molecule has 1 aromatic heterocycles. The highest BCUT2D eigenvalue weighted by Gasteiger charge is 2.16. The van der Waals surface area contributed by atoms with Crippen LogP contribution in [0.25, 0.3) is 0 Å². The lowest BCUT2D eigenvalue weighted by Gasteiger charge is -2.01. The van der Waals surface area contributed by atoms with Gasteiger partial charge in [0.2, 0.25) is 5.78 Å². The Morgan fingerprint density at radius 1 is 1.44 bits per heavy atom. The van der Waals surface area contributed by atoms with Gasteiger partial charge in [0.15, 0.2) is 0 Å². The van der Waals surface area contributed by atoms with Crippen LogP contribution in [0, 0.1) is 12.7 Å². The molecule has 0 spiro atoms. The second-order valence-electron chi connectivity index (χ2n) is 3.74. The van der Waals surface area contributed by atoms with Gasteiger partial charge in [-0.3, -0.25) is 4.79 Å². The second kappa shape index (κ2) is 3.89. The van der Waals surface area contributed by atoms with Crippen molar-refractivity contribution in [3.05, 3.63) is 53.4 Å². The molecule has 0 bridgehead atoms. The monoisotopic (exact) mass is 218 g/mol. The summed E-state index contributed by atoms with van der Waals surface area (Å²) in [5.41, 5.74) is 1.17. The number of halogens is 1. The number of carbonyl (C=O) groups excluding carboxylic acids is 1. The van der Waals surface area contributed by atoms with Gasteiger partial charge in [0.05, 0.1) is 11.9 Å². The largest absolute Gasteiger partial charge is 0.340 e. The predicted octanol–water partition coefficient (Wildman–Crippen LogP) is 2.10. The van der Waals surface area contributed by atoms with Gasteiger partial charge >= 0.3 is 0 Å². The van der Waals surface area contributed by atoms with Crippen LogP contribution in [0.5, 0.6) is 0 Å². The first-order valence-electron chi connectivity index (χ1n) is 4.87. The van der Waals surface area contributed by atoms with Gasteiger partial charge in [-0.05, 0) is 19.1 Å². The molecule has 0 fully saturated rings. The Hall–Kier alpha value is -1.97. The van der Waals surface area contributed by atoms with E-state index in [9.17, 15) is 9.18 Å². The van der Waals surface area contributed by atoms with E-state index in [1.807, 2.05) is 6.92 Å². The first kappa shape index (κ1) is 10.5. The highest BCUT2D eigenvalue weighted by Crippen LogP contribution is 2.14. The third-order valence-electron chi connectivity index (χ3n) is 2.30. The number of benzene rings is 1. The molecule has 16 heavy (non-hydrogen) atoms. The van der Waals surface area contributed by atoms with E-state index < -0.39 is 5.82 Å². The summed E-state index contributed by atoms with van der Waals surface area (Å²) in [6.07, 6.45) is 3.09. The lowest BCUT2D eigenvalue weighted by molar-refractivity contribution is 0.103. The minimum Gasteiger partial charge on any atom is -0.340 e. The number of ketones is 1. The zero-order chi connectivity index (χ0) is 11.7. The second-order valence-corrected chi connectivity index (χ2v) is 3.74. The predicted molar refractivity (Wildman–Crippen MR) is 57.8 cm³/mol. The molecule has 2 rings (SSSR count). The number of rotatable bonds is 2. The first-order valence-corrected chi connectivity index (χ1v) is 4.87. The summed E-state index contributed by atoms with van der Waals surface area (Å²) in [5, 5.41) is 0. The molecule has 0 N–H and O–H groups in total. The third kappa shape index (κ3) is 1.86. The Kier molecular flexibility index (Phi) is 2.56. The van der Waals surface area contributed by atoms with Crippen molar-refractivity contribution in [3.63, 3.8) is 0 Å². The summed E-state index contributed by atoms with van der Waals surface area (Å²) in [7, 11) is 1.76. The van der Waals surface area contributed by atoms with Crippen LogP contribution >= 0.6 is 0 Å². The van der Waals surface area contributed by atoms with E-state index in [1.54, 1.807) is 23.9 Å². The minimum atomic E-state index is -0.513. The molecular weight excluding hydrogens is 207 g/mol. The van der Waals surface area contributed by atoms with Crippen molar-refractivity contribution in [1.29, 1.82) is 0 Å². The van der Waals surface area contributed by atoms with Gasteiger partial charge in [0.25, 0.3) is 0 Å². The minimum absolute atomic E-state index is 0.0682. The van der Waals surface area contributed by atoms with Crippen molar-refractivity contribution < 1.29 is 9.18 Å². The molecule has 0 saturated heterocycles. The van der Waals surface area contributed by atoms with Crippen molar-refractivity contribution in [3.8, 4) is 0 Å². The maximum atomic E-state index is 13.5. The lowest BCUT2D eigenvalue weighted by Crippen LogP contribution is -2.05. The molecule has 3 nitrogen and oxygen atoms in total. The summed E-state index contributed by atoms with van der Waals surface area (Å²) in [5.74, 6) is -0.900. The number of hydrogen-bond donors (Lipinski definition) is 0. The van der Waals surface area contributed by atoms with E-state index in [-0.39, 0.29) is 17.0 Å². The van der Waals surface area contributed by atoms with Crippen LogP contribution < -0.4 is 0 Å². The van der Waals surface area contributed by atoms with Crippen molar-refractivity contribution in [2.75, 3.05) is 0 Å². The smallest absolute Gasteiger partial charge is 0.215 e. The van der Waals surface area contributed by atoms with Gasteiger partial charge in [0, 0.05) is 13.2 Å². The molecule has 1 aromatic carbocycles. The van der Waals surface area contributed by atoms with E-state index in [0.29, 0.717) is 0 Å². The molecule has 4 heteroatoms. The molecule has 0 saturated carbocycles. The average Bonchev–Trinajstić information content (AvgIpc) is 2.67. The number of hydrogen-bond acceptors (Lipinski definition) is 2. The van der Waals surface area contributed by atoms with Gasteiger partial charge in [0.1, 0.15) is 11.5 Å². The van der Waals surface area contributed by atoms with Gasteiger partial charge in [-0.15, -0.1) is 0 Å². The fourth-order valence-electron chi connectivity index (χ4n) is 1.48. The zero-order valence-electron chi connectivity index (χ0n) is 9.07. The molecule has 0 unspecified atom stereocenters. The van der Waals surface area contributed by atoms with E-state index >= 15 is 0 Å². The molecule has 0 aliphatic rings. The molecule has 0 aliphatic carbocycles. The summed E-state index contributed by atoms with van der Waals surface area (Å²) in [6.45, 7) is 1.81. The normalized spacial score (nSPS) is 10.4. The Balaban J connectivity index is 2.45. The van der Waals surface area contributed by atoms with Gasteiger partial charge in [-0.2, -0.15) is 0 Å². The zero-order valence-corrected chi connectivity index (χ0v) is 9.07. The van der Waals surface area contributed by atoms with Crippen molar-refractivity contribution >= 4 is 5.78 Å². The summed E-state index contributed by atoms with van der Waals surface area (Å²) in [6, 6.07) is 4.46. The van der Waals surface area contributed by atoms with Crippen LogP contribution in [0.4, 0.5) is 4.39 Å². The molecule has 1 heterocycles. The Morgan fingerprint density at radius 3 is 2.81 bits per heavy atom. The van der Waals surface area contributed by atoms with Gasteiger partial charge < -0.3 is 4.57 Å². The van der Waals surface area contributed by atoms with E-state index in [0.717, 1.165) is 5.56 Å². The number of carbonyl (C=O) groups is 1. The first-order chi connectivity index (χ1) is 7.58. The maximum absolute atomic E-state index is 13.5. The highest BCUT2D eigenvalue weighted by atomic mass is 19.1. The van der Waals surface area contributed by atoms with Crippen molar-refractivity contribution in [2.45, 2.75) is 6.92 Å². The molecule has 2 aromatic rings. The maximum Gasteiger partial charge on any atom is 0.215 e. The molecular formula is C12H11FN2O. The van der Waals surface area contributed by atoms with Crippen LogP contribution in [0.2, 0.25) is 0 Å². The number of imidazole rings is 1. The average molecular weight is 218 g/mol. The van der Waals surface area contributed by atoms with Gasteiger partial charge in [-0.25, -0.2) is 9.37 Å². The Bertz CT molecular complexity index is 546. The fraction of sp³-hybridized carbons (Fsp3) is 0.167. The van der Waals surface area contributed by atoms with E-state index in [4.69, 9.17) is 0 Å². The number of nitrogens with zero attached hydrogens (tertiary/aromatic N) is 2. The number of aryl methyl sites for hydroxylation is 2. The van der Waals surface area contributed by atoms with E-state index in [2.05, 4.69) is 4.98 Å². The van der Waals surface area contributed by atoms with Crippen LogP contribution in [0.1, 0.15) is 21.6 Å². The highest BCUT2D eigenvalue weighted by molar-refractivity contribution is 6.07. The molecule has 0 radical (unpaired) electrons. The van der Waals surface area contributed by atoms with Crippen LogP contribution in [0.15, 0.2) is 30.7 Å². The van der Waals surface area contributed by atoms with Crippen LogP contribution in [-0.2, 0) is 7.05 Å². The van der Waals surface area contributed by atoms with Crippen molar-refractivity contribution in [2.24, 2.45) is 7.05 Å². The Labute approximate surface area is 92.5 Å². The van der Waals surface area contributed by atoms with Crippen LogP contribution in [-0.4, -0.2) is 15.3 Å².